The van der Waals surface area contributed by atoms with Gasteiger partial charge in [-0.3, -0.25) is 4.79 Å². The van der Waals surface area contributed by atoms with Crippen molar-refractivity contribution in [3.8, 4) is 0 Å². The highest BCUT2D eigenvalue weighted by atomic mass is 32.1. The summed E-state index contributed by atoms with van der Waals surface area (Å²) in [6.45, 7) is 4.44. The van der Waals surface area contributed by atoms with Crippen molar-refractivity contribution in [1.29, 1.82) is 0 Å². The van der Waals surface area contributed by atoms with Crippen molar-refractivity contribution in [2.75, 3.05) is 19.0 Å². The second kappa shape index (κ2) is 5.48. The second-order valence-corrected chi connectivity index (χ2v) is 5.61. The van der Waals surface area contributed by atoms with Crippen LogP contribution in [0.15, 0.2) is 17.1 Å². The Kier molecular flexibility index (Phi) is 4.45. The van der Waals surface area contributed by atoms with Crippen LogP contribution in [0.4, 0.5) is 5.69 Å². The van der Waals surface area contributed by atoms with Crippen LogP contribution < -0.4 is 16.2 Å². The zero-order chi connectivity index (χ0) is 13.9. The van der Waals surface area contributed by atoms with Gasteiger partial charge in [0.2, 0.25) is 0 Å². The molecule has 2 N–H and O–H groups in total. The van der Waals surface area contributed by atoms with Crippen LogP contribution in [0.2, 0.25) is 0 Å². The molecule has 0 saturated carbocycles. The summed E-state index contributed by atoms with van der Waals surface area (Å²) >= 11 is 5.00. The number of hydrogen-bond acceptors (Lipinski definition) is 4. The Morgan fingerprint density at radius 2 is 2.17 bits per heavy atom. The molecule has 0 spiro atoms. The normalized spacial score (nSPS) is 11.3. The van der Waals surface area contributed by atoms with E-state index in [4.69, 9.17) is 18.0 Å². The molecule has 0 fully saturated rings. The summed E-state index contributed by atoms with van der Waals surface area (Å²) in [6, 6.07) is 1.57. The Morgan fingerprint density at radius 1 is 1.56 bits per heavy atom. The number of anilines is 1. The molecule has 1 heterocycles. The first-order valence-electron chi connectivity index (χ1n) is 5.78. The first-order chi connectivity index (χ1) is 8.24. The van der Waals surface area contributed by atoms with Crippen LogP contribution in [0.5, 0.6) is 0 Å². The van der Waals surface area contributed by atoms with E-state index in [2.05, 4.69) is 5.10 Å². The third kappa shape index (κ3) is 3.53. The maximum Gasteiger partial charge on any atom is 0.268 e. The first-order valence-corrected chi connectivity index (χ1v) is 6.19. The molecule has 0 atom stereocenters. The molecule has 1 rings (SSSR count). The molecular weight excluding hydrogens is 248 g/mol. The molecule has 100 valence electrons. The number of nitrogens with zero attached hydrogens (tertiary/aromatic N) is 3. The van der Waals surface area contributed by atoms with Gasteiger partial charge in [-0.05, 0) is 6.42 Å². The largest absolute Gasteiger partial charge is 0.393 e. The molecular formula is C12H20N4OS. The molecule has 0 bridgehead atoms. The minimum atomic E-state index is -0.267. The van der Waals surface area contributed by atoms with E-state index >= 15 is 0 Å². The molecule has 0 aliphatic carbocycles. The van der Waals surface area contributed by atoms with Crippen LogP contribution in [-0.4, -0.2) is 28.9 Å². The fourth-order valence-corrected chi connectivity index (χ4v) is 1.45. The minimum Gasteiger partial charge on any atom is -0.393 e. The summed E-state index contributed by atoms with van der Waals surface area (Å²) in [5.41, 5.74) is 6.07. The van der Waals surface area contributed by atoms with E-state index in [0.717, 1.165) is 5.69 Å². The van der Waals surface area contributed by atoms with Gasteiger partial charge in [-0.25, -0.2) is 4.68 Å². The van der Waals surface area contributed by atoms with Crippen molar-refractivity contribution in [2.45, 2.75) is 26.8 Å². The Bertz CT molecular complexity index is 493. The van der Waals surface area contributed by atoms with Gasteiger partial charge in [0.15, 0.2) is 0 Å². The average molecular weight is 268 g/mol. The van der Waals surface area contributed by atoms with E-state index in [-0.39, 0.29) is 11.0 Å². The van der Waals surface area contributed by atoms with E-state index in [1.165, 1.54) is 4.68 Å². The molecule has 5 nitrogen and oxygen atoms in total. The fourth-order valence-electron chi connectivity index (χ4n) is 1.35. The minimum absolute atomic E-state index is 0.111. The lowest BCUT2D eigenvalue weighted by Gasteiger charge is -2.23. The van der Waals surface area contributed by atoms with Crippen molar-refractivity contribution in [3.05, 3.63) is 22.6 Å². The third-order valence-electron chi connectivity index (χ3n) is 2.99. The lowest BCUT2D eigenvalue weighted by molar-refractivity contribution is 0.409. The predicted octanol–water partition coefficient (Wildman–Crippen LogP) is 1.01. The predicted molar refractivity (Wildman–Crippen MR) is 78.0 cm³/mol. The Morgan fingerprint density at radius 3 is 2.61 bits per heavy atom. The van der Waals surface area contributed by atoms with Crippen LogP contribution >= 0.6 is 12.2 Å². The molecule has 1 aromatic rings. The van der Waals surface area contributed by atoms with Crippen LogP contribution in [0.1, 0.15) is 20.3 Å². The SMILES string of the molecule is CN(C)c1cnn(CCC(C)(C)C(N)=S)c(=O)c1. The molecule has 0 aromatic carbocycles. The van der Waals surface area contributed by atoms with Gasteiger partial charge in [0.25, 0.3) is 5.56 Å². The van der Waals surface area contributed by atoms with Crippen molar-refractivity contribution < 1.29 is 0 Å². The number of aromatic nitrogens is 2. The standard InChI is InChI=1S/C12H20N4OS/c1-12(2,11(13)18)5-6-16-10(17)7-9(8-14-16)15(3)4/h7-8H,5-6H2,1-4H3,(H2,13,18). The molecule has 0 unspecified atom stereocenters. The van der Waals surface area contributed by atoms with Gasteiger partial charge in [-0.2, -0.15) is 5.10 Å². The van der Waals surface area contributed by atoms with Gasteiger partial charge < -0.3 is 10.6 Å². The quantitative estimate of drug-likeness (QED) is 0.808. The van der Waals surface area contributed by atoms with Gasteiger partial charge in [0.1, 0.15) is 0 Å². The Hall–Kier alpha value is -1.43. The van der Waals surface area contributed by atoms with Crippen LogP contribution in [-0.2, 0) is 6.54 Å². The smallest absolute Gasteiger partial charge is 0.268 e. The summed E-state index contributed by atoms with van der Waals surface area (Å²) in [4.78, 5) is 14.1. The highest BCUT2D eigenvalue weighted by Gasteiger charge is 2.21. The zero-order valence-corrected chi connectivity index (χ0v) is 12.1. The first kappa shape index (κ1) is 14.6. The summed E-state index contributed by atoms with van der Waals surface area (Å²) in [6.07, 6.45) is 2.37. The average Bonchev–Trinajstić information content (AvgIpc) is 2.26. The summed E-state index contributed by atoms with van der Waals surface area (Å²) in [5, 5.41) is 4.14. The molecule has 18 heavy (non-hydrogen) atoms. The Balaban J connectivity index is 2.81. The van der Waals surface area contributed by atoms with Crippen LogP contribution in [0.3, 0.4) is 0 Å². The van der Waals surface area contributed by atoms with Crippen molar-refractivity contribution >= 4 is 22.9 Å². The molecule has 0 aliphatic heterocycles. The monoisotopic (exact) mass is 268 g/mol. The highest BCUT2D eigenvalue weighted by molar-refractivity contribution is 7.80. The van der Waals surface area contributed by atoms with Crippen molar-refractivity contribution in [1.82, 2.24) is 9.78 Å². The maximum absolute atomic E-state index is 11.8. The van der Waals surface area contributed by atoms with E-state index in [1.54, 1.807) is 12.3 Å². The lowest BCUT2D eigenvalue weighted by atomic mass is 9.89. The number of hydrogen-bond donors (Lipinski definition) is 1. The van der Waals surface area contributed by atoms with Crippen molar-refractivity contribution in [2.24, 2.45) is 11.1 Å². The number of thiocarbonyl (C=S) groups is 1. The van der Waals surface area contributed by atoms with E-state index in [0.29, 0.717) is 18.0 Å². The van der Waals surface area contributed by atoms with Gasteiger partial charge in [-0.15, -0.1) is 0 Å². The summed E-state index contributed by atoms with van der Waals surface area (Å²) < 4.78 is 1.44. The number of nitrogens with two attached hydrogens (primary N) is 1. The molecule has 0 radical (unpaired) electrons. The van der Waals surface area contributed by atoms with E-state index in [1.807, 2.05) is 32.8 Å². The number of aryl methyl sites for hydroxylation is 1. The highest BCUT2D eigenvalue weighted by Crippen LogP contribution is 2.20. The Labute approximate surface area is 113 Å². The fraction of sp³-hybridized carbons (Fsp3) is 0.583. The second-order valence-electron chi connectivity index (χ2n) is 5.17. The molecule has 0 amide bonds. The van der Waals surface area contributed by atoms with Crippen LogP contribution in [0.25, 0.3) is 0 Å². The van der Waals surface area contributed by atoms with E-state index < -0.39 is 0 Å². The molecule has 0 aliphatic rings. The van der Waals surface area contributed by atoms with Gasteiger partial charge in [-0.1, -0.05) is 26.1 Å². The molecule has 1 aromatic heterocycles. The third-order valence-corrected chi connectivity index (χ3v) is 3.54. The summed E-state index contributed by atoms with van der Waals surface area (Å²) in [5.74, 6) is 0. The maximum atomic E-state index is 11.8. The van der Waals surface area contributed by atoms with Crippen molar-refractivity contribution in [3.63, 3.8) is 0 Å². The van der Waals surface area contributed by atoms with Gasteiger partial charge >= 0.3 is 0 Å². The topological polar surface area (TPSA) is 64.2 Å². The molecule has 6 heteroatoms. The van der Waals surface area contributed by atoms with Crippen LogP contribution in [0, 0.1) is 5.41 Å². The van der Waals surface area contributed by atoms with Gasteiger partial charge in [0.05, 0.1) is 16.9 Å². The zero-order valence-electron chi connectivity index (χ0n) is 11.3. The molecule has 0 saturated heterocycles. The van der Waals surface area contributed by atoms with E-state index in [9.17, 15) is 4.79 Å². The lowest BCUT2D eigenvalue weighted by Crippen LogP contribution is -2.33. The number of rotatable bonds is 5. The van der Waals surface area contributed by atoms with Gasteiger partial charge in [0, 0.05) is 32.1 Å². The summed E-state index contributed by atoms with van der Waals surface area (Å²) in [7, 11) is 3.74.